The lowest BCUT2D eigenvalue weighted by Crippen LogP contribution is -2.48. The molecule has 0 aliphatic carbocycles. The van der Waals surface area contributed by atoms with E-state index in [1.165, 1.54) is 0 Å². The van der Waals surface area contributed by atoms with Gasteiger partial charge >= 0.3 is 0 Å². The fourth-order valence-corrected chi connectivity index (χ4v) is 3.34. The van der Waals surface area contributed by atoms with Crippen LogP contribution < -0.4 is 10.6 Å². The first-order chi connectivity index (χ1) is 14.3. The molecule has 2 unspecified atom stereocenters. The number of carbonyl (C=O) groups is 1. The van der Waals surface area contributed by atoms with Crippen molar-refractivity contribution in [1.29, 1.82) is 0 Å². The lowest BCUT2D eigenvalue weighted by molar-refractivity contribution is -0.127. The summed E-state index contributed by atoms with van der Waals surface area (Å²) in [5, 5.41) is 11.6. The topological polar surface area (TPSA) is 87.4 Å². The molecular weight excluding hydrogens is 505 g/mol. The second-order valence-electron chi connectivity index (χ2n) is 8.33. The fraction of sp³-hybridized carbons (Fsp3) is 0.545. The van der Waals surface area contributed by atoms with Crippen molar-refractivity contribution in [2.45, 2.75) is 58.2 Å². The van der Waals surface area contributed by atoms with Crippen LogP contribution in [0.3, 0.4) is 0 Å². The van der Waals surface area contributed by atoms with Gasteiger partial charge in [0.05, 0.1) is 12.6 Å². The number of guanidine groups is 1. The number of aromatic nitrogens is 3. The minimum atomic E-state index is -0.0350. The molecule has 0 fully saturated rings. The predicted octanol–water partition coefficient (Wildman–Crippen LogP) is 2.72. The number of benzene rings is 1. The zero-order chi connectivity index (χ0) is 21.7. The zero-order valence-electron chi connectivity index (χ0n) is 19.0. The number of likely N-dealkylation sites (N-methyl/N-ethyl adjacent to an activating group) is 1. The van der Waals surface area contributed by atoms with Crippen LogP contribution in [0, 0.1) is 0 Å². The first-order valence-electron chi connectivity index (χ1n) is 10.6. The molecule has 0 saturated carbocycles. The van der Waals surface area contributed by atoms with E-state index in [4.69, 9.17) is 0 Å². The van der Waals surface area contributed by atoms with Gasteiger partial charge in [0.25, 0.3) is 0 Å². The van der Waals surface area contributed by atoms with Gasteiger partial charge in [0, 0.05) is 32.5 Å². The molecule has 3 rings (SSSR count). The normalized spacial score (nSPS) is 16.8. The molecule has 2 aromatic rings. The van der Waals surface area contributed by atoms with Gasteiger partial charge in [0.2, 0.25) is 5.91 Å². The summed E-state index contributed by atoms with van der Waals surface area (Å²) in [5.41, 5.74) is 1.16. The van der Waals surface area contributed by atoms with Crippen molar-refractivity contribution in [3.8, 4) is 0 Å². The molecule has 1 aromatic carbocycles. The summed E-state index contributed by atoms with van der Waals surface area (Å²) >= 11 is 0. The molecule has 1 amide bonds. The number of halogens is 1. The van der Waals surface area contributed by atoms with Gasteiger partial charge in [-0.3, -0.25) is 4.79 Å². The fourth-order valence-electron chi connectivity index (χ4n) is 3.34. The Bertz CT molecular complexity index is 879. The Labute approximate surface area is 201 Å². The Kier molecular flexibility index (Phi) is 9.27. The third-order valence-corrected chi connectivity index (χ3v) is 5.26. The molecule has 31 heavy (non-hydrogen) atoms. The third kappa shape index (κ3) is 6.91. The lowest BCUT2D eigenvalue weighted by Gasteiger charge is -2.27. The second-order valence-corrected chi connectivity index (χ2v) is 8.33. The Morgan fingerprint density at radius 2 is 1.97 bits per heavy atom. The molecule has 2 atom stereocenters. The van der Waals surface area contributed by atoms with Gasteiger partial charge in [-0.25, -0.2) is 14.7 Å². The summed E-state index contributed by atoms with van der Waals surface area (Å²) in [6.07, 6.45) is 1.81. The lowest BCUT2D eigenvalue weighted by atomic mass is 10.1. The van der Waals surface area contributed by atoms with Crippen molar-refractivity contribution < 1.29 is 4.79 Å². The number of hydrogen-bond acceptors (Lipinski definition) is 4. The molecule has 1 aromatic heterocycles. The summed E-state index contributed by atoms with van der Waals surface area (Å²) in [7, 11) is 3.48. The van der Waals surface area contributed by atoms with E-state index in [0.717, 1.165) is 36.6 Å². The van der Waals surface area contributed by atoms with Gasteiger partial charge in [-0.2, -0.15) is 5.10 Å². The maximum absolute atomic E-state index is 12.1. The Hall–Kier alpha value is -2.17. The molecule has 9 heteroatoms. The molecule has 1 aliphatic rings. The van der Waals surface area contributed by atoms with E-state index in [1.54, 1.807) is 19.0 Å². The van der Waals surface area contributed by atoms with Crippen LogP contribution in [0.15, 0.2) is 35.3 Å². The number of nitrogens with one attached hydrogen (secondary N) is 2. The molecule has 1 aliphatic heterocycles. The summed E-state index contributed by atoms with van der Waals surface area (Å²) in [4.78, 5) is 22.8. The Morgan fingerprint density at radius 1 is 1.26 bits per heavy atom. The highest BCUT2D eigenvalue weighted by molar-refractivity contribution is 14.0. The summed E-state index contributed by atoms with van der Waals surface area (Å²) < 4.78 is 2.00. The largest absolute Gasteiger partial charge is 0.352 e. The van der Waals surface area contributed by atoms with Crippen molar-refractivity contribution in [1.82, 2.24) is 30.3 Å². The van der Waals surface area contributed by atoms with Crippen LogP contribution in [-0.4, -0.2) is 58.2 Å². The van der Waals surface area contributed by atoms with Crippen LogP contribution in [0.25, 0.3) is 0 Å². The van der Waals surface area contributed by atoms with E-state index in [0.29, 0.717) is 11.9 Å². The molecular formula is C22H34IN7O. The van der Waals surface area contributed by atoms with Gasteiger partial charge in [-0.1, -0.05) is 44.2 Å². The molecule has 0 bridgehead atoms. The van der Waals surface area contributed by atoms with E-state index < -0.39 is 0 Å². The van der Waals surface area contributed by atoms with Gasteiger partial charge in [0.15, 0.2) is 11.8 Å². The maximum atomic E-state index is 12.1. The summed E-state index contributed by atoms with van der Waals surface area (Å²) in [6, 6.07) is 10.4. The van der Waals surface area contributed by atoms with Gasteiger partial charge in [-0.15, -0.1) is 24.0 Å². The minimum Gasteiger partial charge on any atom is -0.352 e. The van der Waals surface area contributed by atoms with E-state index in [2.05, 4.69) is 58.6 Å². The van der Waals surface area contributed by atoms with Crippen LogP contribution in [-0.2, 0) is 17.8 Å². The van der Waals surface area contributed by atoms with Crippen molar-refractivity contribution in [3.63, 3.8) is 0 Å². The Balaban J connectivity index is 0.00000341. The first-order valence-corrected chi connectivity index (χ1v) is 10.6. The molecule has 0 radical (unpaired) electrons. The van der Waals surface area contributed by atoms with Crippen molar-refractivity contribution in [3.05, 3.63) is 47.5 Å². The summed E-state index contributed by atoms with van der Waals surface area (Å²) in [5.74, 6) is 2.86. The third-order valence-electron chi connectivity index (χ3n) is 5.26. The van der Waals surface area contributed by atoms with Gasteiger partial charge in [0.1, 0.15) is 12.4 Å². The van der Waals surface area contributed by atoms with Gasteiger partial charge in [-0.05, 0) is 18.9 Å². The van der Waals surface area contributed by atoms with Crippen LogP contribution >= 0.6 is 24.0 Å². The molecule has 170 valence electrons. The highest BCUT2D eigenvalue weighted by atomic mass is 127. The maximum Gasteiger partial charge on any atom is 0.243 e. The quantitative estimate of drug-likeness (QED) is 0.335. The number of amides is 1. The number of aliphatic imine (C=N–C) groups is 1. The SMILES string of the molecule is CC(C)c1nc2n(n1)CC(NC(=NCC(=O)N(C)C)NC(C)c1ccccc1)CC2.I. The highest BCUT2D eigenvalue weighted by Gasteiger charge is 2.23. The van der Waals surface area contributed by atoms with Crippen molar-refractivity contribution >= 4 is 35.8 Å². The van der Waals surface area contributed by atoms with E-state index >= 15 is 0 Å². The van der Waals surface area contributed by atoms with Crippen molar-refractivity contribution in [2.75, 3.05) is 20.6 Å². The minimum absolute atomic E-state index is 0. The van der Waals surface area contributed by atoms with E-state index in [9.17, 15) is 4.79 Å². The highest BCUT2D eigenvalue weighted by Crippen LogP contribution is 2.17. The Morgan fingerprint density at radius 3 is 2.61 bits per heavy atom. The predicted molar refractivity (Wildman–Crippen MR) is 134 cm³/mol. The monoisotopic (exact) mass is 539 g/mol. The zero-order valence-corrected chi connectivity index (χ0v) is 21.3. The summed E-state index contributed by atoms with van der Waals surface area (Å²) in [6.45, 7) is 7.14. The average Bonchev–Trinajstić information content (AvgIpc) is 3.16. The number of aryl methyl sites for hydroxylation is 1. The number of hydrogen-bond donors (Lipinski definition) is 2. The number of rotatable bonds is 6. The smallest absolute Gasteiger partial charge is 0.243 e. The van der Waals surface area contributed by atoms with E-state index in [-0.39, 0.29) is 48.5 Å². The second kappa shape index (κ2) is 11.4. The van der Waals surface area contributed by atoms with Crippen LogP contribution in [0.1, 0.15) is 56.4 Å². The molecule has 0 spiro atoms. The van der Waals surface area contributed by atoms with Crippen molar-refractivity contribution in [2.24, 2.45) is 4.99 Å². The number of fused-ring (bicyclic) bond motifs is 1. The van der Waals surface area contributed by atoms with Crippen LogP contribution in [0.2, 0.25) is 0 Å². The molecule has 0 saturated heterocycles. The standard InChI is InChI=1S/C22H33N7O.HI/c1-15(2)21-26-19-12-11-18(14-29(19)27-21)25-22(23-13-20(30)28(4)5)24-16(3)17-9-7-6-8-10-17;/h6-10,15-16,18H,11-14H2,1-5H3,(H2,23,24,25);1H. The van der Waals surface area contributed by atoms with Gasteiger partial charge < -0.3 is 15.5 Å². The molecule has 2 heterocycles. The average molecular weight is 539 g/mol. The van der Waals surface area contributed by atoms with Crippen LogP contribution in [0.4, 0.5) is 0 Å². The molecule has 2 N–H and O–H groups in total. The molecule has 8 nitrogen and oxygen atoms in total. The van der Waals surface area contributed by atoms with E-state index in [1.807, 2.05) is 22.9 Å². The first kappa shape index (κ1) is 25.1. The number of nitrogens with zero attached hydrogens (tertiary/aromatic N) is 5. The van der Waals surface area contributed by atoms with Crippen LogP contribution in [0.5, 0.6) is 0 Å². The number of carbonyl (C=O) groups excluding carboxylic acids is 1.